The van der Waals surface area contributed by atoms with E-state index in [0.717, 1.165) is 22.1 Å². The van der Waals surface area contributed by atoms with E-state index in [4.69, 9.17) is 0 Å². The smallest absolute Gasteiger partial charge is 0.244 e. The largest absolute Gasteiger partial charge is 0.369 e. The molecule has 4 rings (SSSR count). The lowest BCUT2D eigenvalue weighted by molar-refractivity contribution is 0.384. The second-order valence-electron chi connectivity index (χ2n) is 7.20. The first-order chi connectivity index (χ1) is 13.8. The second-order valence-corrected chi connectivity index (χ2v) is 9.96. The number of nitrogens with zero attached hydrogens (tertiary/aromatic N) is 4. The Morgan fingerprint density at radius 1 is 1.07 bits per heavy atom. The molecule has 0 amide bonds. The van der Waals surface area contributed by atoms with Crippen LogP contribution in [0, 0.1) is 19.7 Å². The highest BCUT2D eigenvalue weighted by molar-refractivity contribution is 7.89. The summed E-state index contributed by atoms with van der Waals surface area (Å²) in [6, 6.07) is 8.03. The van der Waals surface area contributed by atoms with Crippen molar-refractivity contribution in [1.29, 1.82) is 0 Å². The van der Waals surface area contributed by atoms with E-state index in [-0.39, 0.29) is 5.82 Å². The van der Waals surface area contributed by atoms with Crippen LogP contribution in [-0.2, 0) is 17.1 Å². The van der Waals surface area contributed by atoms with Crippen LogP contribution in [0.5, 0.6) is 0 Å². The molecule has 2 aromatic heterocycles. The van der Waals surface area contributed by atoms with Crippen LogP contribution in [0.15, 0.2) is 40.6 Å². The van der Waals surface area contributed by atoms with E-state index < -0.39 is 10.0 Å². The number of benzene rings is 1. The Kier molecular flexibility index (Phi) is 5.22. The molecule has 154 valence electrons. The molecule has 0 aliphatic carbocycles. The Morgan fingerprint density at radius 2 is 1.72 bits per heavy atom. The Balaban J connectivity index is 1.56. The SMILES string of the molecule is Cc1csc(-c2cc(S(=O)(=O)N3CCN(c4ccc(F)cc4)CC3)c(C)n2C)n1. The molecule has 3 heterocycles. The number of aryl methyl sites for hydroxylation is 1. The molecule has 1 aliphatic rings. The molecule has 0 radical (unpaired) electrons. The highest BCUT2D eigenvalue weighted by Gasteiger charge is 2.32. The summed E-state index contributed by atoms with van der Waals surface area (Å²) >= 11 is 1.51. The first-order valence-corrected chi connectivity index (χ1v) is 11.7. The number of piperazine rings is 1. The first kappa shape index (κ1) is 20.1. The average molecular weight is 435 g/mol. The van der Waals surface area contributed by atoms with Crippen LogP contribution in [0.25, 0.3) is 10.7 Å². The standard InChI is InChI=1S/C20H23FN4O2S2/c1-14-13-28-20(22-14)18-12-19(15(2)23(18)3)29(26,27)25-10-8-24(9-11-25)17-6-4-16(21)5-7-17/h4-7,12-13H,8-11H2,1-3H3. The third-order valence-corrected chi connectivity index (χ3v) is 8.37. The predicted octanol–water partition coefficient (Wildman–Crippen LogP) is 3.42. The van der Waals surface area contributed by atoms with Crippen molar-refractivity contribution in [3.8, 4) is 10.7 Å². The molecule has 1 saturated heterocycles. The van der Waals surface area contributed by atoms with Gasteiger partial charge in [-0.1, -0.05) is 0 Å². The normalized spacial score (nSPS) is 15.8. The van der Waals surface area contributed by atoms with Crippen LogP contribution in [-0.4, -0.2) is 48.5 Å². The fourth-order valence-corrected chi connectivity index (χ4v) is 6.13. The fraction of sp³-hybridized carbons (Fsp3) is 0.350. The summed E-state index contributed by atoms with van der Waals surface area (Å²) in [5.41, 5.74) is 3.34. The Labute approximate surface area is 174 Å². The van der Waals surface area contributed by atoms with Gasteiger partial charge in [0, 0.05) is 55.7 Å². The molecule has 29 heavy (non-hydrogen) atoms. The molecule has 0 spiro atoms. The zero-order valence-corrected chi connectivity index (χ0v) is 18.2. The van der Waals surface area contributed by atoms with Gasteiger partial charge in [-0.05, 0) is 44.2 Å². The van der Waals surface area contributed by atoms with Crippen molar-refractivity contribution < 1.29 is 12.8 Å². The number of anilines is 1. The summed E-state index contributed by atoms with van der Waals surface area (Å²) < 4.78 is 43.2. The lowest BCUT2D eigenvalue weighted by atomic mass is 10.2. The van der Waals surface area contributed by atoms with E-state index in [0.29, 0.717) is 36.8 Å². The molecule has 0 unspecified atom stereocenters. The minimum atomic E-state index is -3.61. The number of rotatable bonds is 4. The van der Waals surface area contributed by atoms with Gasteiger partial charge in [0.1, 0.15) is 15.7 Å². The van der Waals surface area contributed by atoms with Gasteiger partial charge in [0.05, 0.1) is 5.69 Å². The van der Waals surface area contributed by atoms with Gasteiger partial charge >= 0.3 is 0 Å². The monoisotopic (exact) mass is 434 g/mol. The highest BCUT2D eigenvalue weighted by Crippen LogP contribution is 2.32. The van der Waals surface area contributed by atoms with E-state index in [9.17, 15) is 12.8 Å². The first-order valence-electron chi connectivity index (χ1n) is 9.37. The summed E-state index contributed by atoms with van der Waals surface area (Å²) in [6.45, 7) is 5.66. The van der Waals surface area contributed by atoms with Crippen LogP contribution in [0.3, 0.4) is 0 Å². The Hall–Kier alpha value is -2.23. The quantitative estimate of drug-likeness (QED) is 0.631. The lowest BCUT2D eigenvalue weighted by Gasteiger charge is -2.35. The zero-order chi connectivity index (χ0) is 20.8. The topological polar surface area (TPSA) is 58.4 Å². The van der Waals surface area contributed by atoms with Gasteiger partial charge < -0.3 is 9.47 Å². The van der Waals surface area contributed by atoms with Crippen molar-refractivity contribution in [2.45, 2.75) is 18.7 Å². The molecule has 0 saturated carbocycles. The van der Waals surface area contributed by atoms with Gasteiger partial charge in [0.15, 0.2) is 0 Å². The van der Waals surface area contributed by atoms with E-state index in [2.05, 4.69) is 9.88 Å². The van der Waals surface area contributed by atoms with Crippen LogP contribution < -0.4 is 4.90 Å². The summed E-state index contributed by atoms with van der Waals surface area (Å²) in [5.74, 6) is -0.277. The van der Waals surface area contributed by atoms with E-state index in [1.807, 2.05) is 30.8 Å². The molecular weight excluding hydrogens is 411 g/mol. The number of aromatic nitrogens is 2. The maximum atomic E-state index is 13.3. The number of hydrogen-bond acceptors (Lipinski definition) is 5. The van der Waals surface area contributed by atoms with Crippen molar-refractivity contribution in [2.24, 2.45) is 7.05 Å². The van der Waals surface area contributed by atoms with Crippen LogP contribution in [0.4, 0.5) is 10.1 Å². The summed E-state index contributed by atoms with van der Waals surface area (Å²) in [5, 5.41) is 2.77. The van der Waals surface area contributed by atoms with Crippen molar-refractivity contribution in [2.75, 3.05) is 31.1 Å². The van der Waals surface area contributed by atoms with E-state index in [1.165, 1.54) is 27.8 Å². The molecule has 1 aromatic carbocycles. The molecule has 1 aliphatic heterocycles. The number of thiazole rings is 1. The molecule has 6 nitrogen and oxygen atoms in total. The minimum absolute atomic E-state index is 0.277. The van der Waals surface area contributed by atoms with Gasteiger partial charge in [-0.3, -0.25) is 0 Å². The predicted molar refractivity (Wildman–Crippen MR) is 113 cm³/mol. The molecule has 3 aromatic rings. The summed E-state index contributed by atoms with van der Waals surface area (Å²) in [6.07, 6.45) is 0. The summed E-state index contributed by atoms with van der Waals surface area (Å²) in [7, 11) is -1.74. The van der Waals surface area contributed by atoms with Gasteiger partial charge in [-0.15, -0.1) is 11.3 Å². The van der Waals surface area contributed by atoms with Crippen molar-refractivity contribution in [1.82, 2.24) is 13.9 Å². The number of sulfonamides is 1. The molecular formula is C20H23FN4O2S2. The van der Waals surface area contributed by atoms with Crippen molar-refractivity contribution >= 4 is 27.0 Å². The molecule has 1 fully saturated rings. The number of hydrogen-bond donors (Lipinski definition) is 0. The Bertz CT molecular complexity index is 1130. The van der Waals surface area contributed by atoms with E-state index in [1.54, 1.807) is 18.2 Å². The number of halogens is 1. The van der Waals surface area contributed by atoms with E-state index >= 15 is 0 Å². The van der Waals surface area contributed by atoms with Crippen molar-refractivity contribution in [3.63, 3.8) is 0 Å². The zero-order valence-electron chi connectivity index (χ0n) is 16.6. The van der Waals surface area contributed by atoms with Crippen LogP contribution in [0.2, 0.25) is 0 Å². The molecule has 9 heteroatoms. The fourth-order valence-electron chi connectivity index (χ4n) is 3.59. The molecule has 0 N–H and O–H groups in total. The third-order valence-electron chi connectivity index (χ3n) is 5.38. The Morgan fingerprint density at radius 3 is 2.31 bits per heavy atom. The molecule has 0 bridgehead atoms. The van der Waals surface area contributed by atoms with Gasteiger partial charge in [0.25, 0.3) is 0 Å². The van der Waals surface area contributed by atoms with Gasteiger partial charge in [-0.25, -0.2) is 17.8 Å². The van der Waals surface area contributed by atoms with Crippen LogP contribution >= 0.6 is 11.3 Å². The maximum absolute atomic E-state index is 13.3. The maximum Gasteiger partial charge on any atom is 0.244 e. The third kappa shape index (κ3) is 3.70. The van der Waals surface area contributed by atoms with Crippen molar-refractivity contribution in [3.05, 3.63) is 52.9 Å². The summed E-state index contributed by atoms with van der Waals surface area (Å²) in [4.78, 5) is 6.90. The highest BCUT2D eigenvalue weighted by atomic mass is 32.2. The molecule has 0 atom stereocenters. The lowest BCUT2D eigenvalue weighted by Crippen LogP contribution is -2.48. The minimum Gasteiger partial charge on any atom is -0.369 e. The van der Waals surface area contributed by atoms with Crippen LogP contribution in [0.1, 0.15) is 11.4 Å². The second kappa shape index (κ2) is 7.55. The average Bonchev–Trinajstić information content (AvgIpc) is 3.26. The van der Waals surface area contributed by atoms with Gasteiger partial charge in [0.2, 0.25) is 10.0 Å². The van der Waals surface area contributed by atoms with Gasteiger partial charge in [-0.2, -0.15) is 4.31 Å².